The van der Waals surface area contributed by atoms with E-state index in [-0.39, 0.29) is 39.3 Å². The Kier molecular flexibility index (Phi) is 10.8. The molecule has 82 heavy (non-hydrogen) atoms. The van der Waals surface area contributed by atoms with E-state index in [0.29, 0.717) is 0 Å². The highest BCUT2D eigenvalue weighted by molar-refractivity contribution is 7.00. The van der Waals surface area contributed by atoms with Gasteiger partial charge in [0.25, 0.3) is 6.71 Å². The highest BCUT2D eigenvalue weighted by atomic mass is 15.3. The van der Waals surface area contributed by atoms with Crippen LogP contribution in [0.3, 0.4) is 0 Å². The first-order valence-electron chi connectivity index (χ1n) is 30.6. The zero-order chi connectivity index (χ0) is 56.8. The van der Waals surface area contributed by atoms with E-state index >= 15 is 0 Å². The fraction of sp³-hybridized carbons (Fsp3) is 0.308. The van der Waals surface area contributed by atoms with Crippen molar-refractivity contribution in [2.24, 2.45) is 0 Å². The van der Waals surface area contributed by atoms with E-state index in [2.05, 4.69) is 281 Å². The van der Waals surface area contributed by atoms with Crippen molar-refractivity contribution in [3.63, 3.8) is 0 Å². The van der Waals surface area contributed by atoms with E-state index in [9.17, 15) is 0 Å². The Balaban J connectivity index is 1.05. The van der Waals surface area contributed by atoms with Gasteiger partial charge in [-0.25, -0.2) is 0 Å². The largest absolute Gasteiger partial charge is 0.334 e. The smallest absolute Gasteiger partial charge is 0.252 e. The molecular formula is C78H78BN3. The summed E-state index contributed by atoms with van der Waals surface area (Å²) in [6, 6.07) is 69.7. The maximum Gasteiger partial charge on any atom is 0.252 e. The Bertz CT molecular complexity index is 4180. The van der Waals surface area contributed by atoms with Gasteiger partial charge in [-0.3, -0.25) is 0 Å². The summed E-state index contributed by atoms with van der Waals surface area (Å²) in [6.45, 7) is 31.5. The van der Waals surface area contributed by atoms with Crippen LogP contribution in [0.5, 0.6) is 0 Å². The van der Waals surface area contributed by atoms with Gasteiger partial charge in [-0.2, -0.15) is 0 Å². The molecule has 4 heteroatoms. The lowest BCUT2D eigenvalue weighted by atomic mass is 9.33. The number of hydrogen-bond donors (Lipinski definition) is 0. The van der Waals surface area contributed by atoms with Crippen molar-refractivity contribution in [2.45, 2.75) is 155 Å². The van der Waals surface area contributed by atoms with Crippen molar-refractivity contribution in [2.75, 3.05) is 14.7 Å². The van der Waals surface area contributed by atoms with Crippen molar-refractivity contribution in [1.29, 1.82) is 0 Å². The van der Waals surface area contributed by atoms with E-state index < -0.39 is 0 Å². The lowest BCUT2D eigenvalue weighted by Crippen LogP contribution is -2.62. The number of rotatable bonds is 4. The van der Waals surface area contributed by atoms with Crippen LogP contribution in [0, 0.1) is 6.92 Å². The van der Waals surface area contributed by atoms with Crippen LogP contribution in [-0.2, 0) is 33.5 Å². The van der Waals surface area contributed by atoms with E-state index in [4.69, 9.17) is 0 Å². The molecule has 408 valence electrons. The van der Waals surface area contributed by atoms with Crippen LogP contribution < -0.4 is 31.1 Å². The van der Waals surface area contributed by atoms with Gasteiger partial charge in [-0.15, -0.1) is 0 Å². The molecule has 0 radical (unpaired) electrons. The average Bonchev–Trinajstić information content (AvgIpc) is 1.29. The number of aryl methyl sites for hydroxylation is 1. The molecule has 3 heterocycles. The molecule has 2 unspecified atom stereocenters. The number of benzene rings is 9. The standard InChI is InChI=1S/C78H78BN3/c1-48-40-70-72-71(41-48)81(66-36-32-51(73(2,3)4)43-56(66)49-24-15-14-16-25-49)69-47-61-60(75(8,9)58-29-19-20-30-59(58)76(61,10)11)46-64(69)79(72)63-35-34-53(45-68(63)80(70)65-31-23-28-55-54-27-18-17-26-50(54)42-57(55)65)82-67-37-33-52(74(5,6)7)44-62(67)77(12)38-21-22-39-78(77,82)13/h14-20,23-37,40-41,43-47H,21-22,38-39,42H2,1-13H3. The van der Waals surface area contributed by atoms with Gasteiger partial charge >= 0.3 is 0 Å². The normalized spacial score (nSPS) is 20.2. The fourth-order valence-corrected chi connectivity index (χ4v) is 16.7. The first kappa shape index (κ1) is 51.3. The minimum Gasteiger partial charge on any atom is -0.334 e. The van der Waals surface area contributed by atoms with Crippen molar-refractivity contribution in [3.05, 3.63) is 232 Å². The van der Waals surface area contributed by atoms with E-state index in [1.807, 2.05) is 0 Å². The number of hydrogen-bond acceptors (Lipinski definition) is 3. The third kappa shape index (κ3) is 7.02. The van der Waals surface area contributed by atoms with E-state index in [1.54, 1.807) is 0 Å². The Morgan fingerprint density at radius 1 is 0.427 bits per heavy atom. The first-order valence-corrected chi connectivity index (χ1v) is 30.6. The third-order valence-corrected chi connectivity index (χ3v) is 21.4. The molecule has 6 aliphatic rings. The van der Waals surface area contributed by atoms with Crippen LogP contribution in [0.15, 0.2) is 176 Å². The van der Waals surface area contributed by atoms with Gasteiger partial charge in [0, 0.05) is 62.4 Å². The summed E-state index contributed by atoms with van der Waals surface area (Å²) in [5.41, 5.74) is 32.8. The van der Waals surface area contributed by atoms with Crippen molar-refractivity contribution in [1.82, 2.24) is 0 Å². The maximum absolute atomic E-state index is 2.82. The summed E-state index contributed by atoms with van der Waals surface area (Å²) in [5.74, 6) is 0. The molecule has 2 atom stereocenters. The molecule has 1 fully saturated rings. The summed E-state index contributed by atoms with van der Waals surface area (Å²) in [4.78, 5) is 8.26. The predicted octanol–water partition coefficient (Wildman–Crippen LogP) is 18.6. The SMILES string of the molecule is Cc1cc2c3c(c1)N(c1cccc4c1Cc1ccccc1-4)c1cc(N4c5ccc(C(C)(C)C)cc5C5(C)CCCCC45C)ccc1B3c1cc3c(cc1N2c1ccc(C(C)(C)C)cc1-c1ccccc1)C(C)(C)c1ccccc1C3(C)C. The van der Waals surface area contributed by atoms with E-state index in [1.165, 1.54) is 159 Å². The number of fused-ring (bicyclic) bond motifs is 12. The summed E-state index contributed by atoms with van der Waals surface area (Å²) in [5, 5.41) is 0. The van der Waals surface area contributed by atoms with Crippen LogP contribution in [0.2, 0.25) is 0 Å². The molecule has 3 nitrogen and oxygen atoms in total. The maximum atomic E-state index is 2.82. The lowest BCUT2D eigenvalue weighted by molar-refractivity contribution is 0.195. The average molecular weight is 1070 g/mol. The predicted molar refractivity (Wildman–Crippen MR) is 350 cm³/mol. The van der Waals surface area contributed by atoms with Crippen LogP contribution >= 0.6 is 0 Å². The molecule has 15 rings (SSSR count). The zero-order valence-corrected chi connectivity index (χ0v) is 50.7. The summed E-state index contributed by atoms with van der Waals surface area (Å²) >= 11 is 0. The van der Waals surface area contributed by atoms with Crippen LogP contribution in [-0.4, -0.2) is 12.3 Å². The Morgan fingerprint density at radius 3 is 1.73 bits per heavy atom. The molecule has 0 spiro atoms. The van der Waals surface area contributed by atoms with Gasteiger partial charge in [-0.1, -0.05) is 210 Å². The van der Waals surface area contributed by atoms with Crippen molar-refractivity contribution in [3.8, 4) is 22.3 Å². The van der Waals surface area contributed by atoms with Gasteiger partial charge < -0.3 is 14.7 Å². The first-order chi connectivity index (χ1) is 39.1. The topological polar surface area (TPSA) is 9.72 Å². The van der Waals surface area contributed by atoms with Crippen molar-refractivity contribution < 1.29 is 0 Å². The Morgan fingerprint density at radius 2 is 1.02 bits per heavy atom. The van der Waals surface area contributed by atoms with Gasteiger partial charge in [0.15, 0.2) is 0 Å². The Hall–Kier alpha value is -7.56. The molecule has 0 aromatic heterocycles. The summed E-state index contributed by atoms with van der Waals surface area (Å²) in [6.07, 6.45) is 5.71. The Labute approximate surface area is 489 Å². The second-order valence-electron chi connectivity index (χ2n) is 28.9. The molecule has 0 N–H and O–H groups in total. The lowest BCUT2D eigenvalue weighted by Gasteiger charge is -2.51. The molecule has 0 amide bonds. The van der Waals surface area contributed by atoms with Crippen molar-refractivity contribution >= 4 is 68.6 Å². The minimum absolute atomic E-state index is 0.00414. The summed E-state index contributed by atoms with van der Waals surface area (Å²) in [7, 11) is 0. The number of anilines is 8. The minimum atomic E-state index is -0.247. The van der Waals surface area contributed by atoms with Gasteiger partial charge in [0.05, 0.1) is 16.9 Å². The third-order valence-electron chi connectivity index (χ3n) is 21.4. The van der Waals surface area contributed by atoms with Crippen LogP contribution in [0.1, 0.15) is 164 Å². The molecule has 9 aromatic carbocycles. The van der Waals surface area contributed by atoms with Gasteiger partial charge in [0.2, 0.25) is 0 Å². The molecule has 3 aliphatic carbocycles. The zero-order valence-electron chi connectivity index (χ0n) is 50.7. The van der Waals surface area contributed by atoms with Crippen LogP contribution in [0.25, 0.3) is 22.3 Å². The highest BCUT2D eigenvalue weighted by Gasteiger charge is 2.58. The molecule has 9 aromatic rings. The van der Waals surface area contributed by atoms with Gasteiger partial charge in [0.1, 0.15) is 0 Å². The van der Waals surface area contributed by atoms with E-state index in [0.717, 1.165) is 12.8 Å². The molecule has 0 bridgehead atoms. The molecule has 3 aliphatic heterocycles. The number of nitrogens with zero attached hydrogens (tertiary/aromatic N) is 3. The quantitative estimate of drug-likeness (QED) is 0.163. The highest BCUT2D eigenvalue weighted by Crippen LogP contribution is 2.62. The fourth-order valence-electron chi connectivity index (χ4n) is 16.7. The molecular weight excluding hydrogens is 990 g/mol. The molecule has 1 saturated carbocycles. The van der Waals surface area contributed by atoms with Gasteiger partial charge in [-0.05, 0) is 181 Å². The summed E-state index contributed by atoms with van der Waals surface area (Å²) < 4.78 is 0. The second-order valence-corrected chi connectivity index (χ2v) is 28.9. The molecule has 0 saturated heterocycles. The van der Waals surface area contributed by atoms with Crippen LogP contribution in [0.4, 0.5) is 45.5 Å². The second kappa shape index (κ2) is 17.3. The monoisotopic (exact) mass is 1070 g/mol.